The molecule has 1 atom stereocenters. The van der Waals surface area contributed by atoms with Crippen LogP contribution in [0.2, 0.25) is 5.02 Å². The number of rotatable bonds is 6. The fourth-order valence-electron chi connectivity index (χ4n) is 2.60. The Balaban J connectivity index is 2.31. The van der Waals surface area contributed by atoms with Crippen LogP contribution in [0, 0.1) is 0 Å². The van der Waals surface area contributed by atoms with E-state index in [1.807, 2.05) is 10.7 Å². The van der Waals surface area contributed by atoms with Crippen LogP contribution < -0.4 is 5.73 Å². The van der Waals surface area contributed by atoms with Gasteiger partial charge < -0.3 is 5.73 Å². The van der Waals surface area contributed by atoms with Crippen molar-refractivity contribution in [3.05, 3.63) is 46.0 Å². The minimum atomic E-state index is -0.162. The van der Waals surface area contributed by atoms with Gasteiger partial charge in [-0.15, -0.1) is 0 Å². The first-order valence-corrected chi connectivity index (χ1v) is 7.93. The van der Waals surface area contributed by atoms with Crippen molar-refractivity contribution in [1.29, 1.82) is 0 Å². The summed E-state index contributed by atoms with van der Waals surface area (Å²) < 4.78 is 1.95. The van der Waals surface area contributed by atoms with E-state index in [9.17, 15) is 0 Å². The van der Waals surface area contributed by atoms with Gasteiger partial charge in [-0.2, -0.15) is 5.10 Å². The standard InChI is InChI=1S/C16H23ClN4/c1-4-11-8-7-9-19-16(11)12(18)10-14-15(17)13(5-2)20-21(14)6-3/h7-9,12H,4-6,10,18H2,1-3H3. The van der Waals surface area contributed by atoms with Crippen molar-refractivity contribution < 1.29 is 0 Å². The number of aromatic nitrogens is 3. The average Bonchev–Trinajstić information content (AvgIpc) is 2.83. The fourth-order valence-corrected chi connectivity index (χ4v) is 2.95. The molecule has 2 aromatic heterocycles. The number of pyridine rings is 1. The lowest BCUT2D eigenvalue weighted by Crippen LogP contribution is -2.19. The summed E-state index contributed by atoms with van der Waals surface area (Å²) in [6, 6.07) is 3.87. The van der Waals surface area contributed by atoms with E-state index in [0.717, 1.165) is 41.5 Å². The Kier molecular flexibility index (Phi) is 5.37. The molecule has 2 aromatic rings. The number of hydrogen-bond donors (Lipinski definition) is 1. The Morgan fingerprint density at radius 1 is 1.29 bits per heavy atom. The van der Waals surface area contributed by atoms with E-state index in [4.69, 9.17) is 17.3 Å². The molecule has 5 heteroatoms. The molecular weight excluding hydrogens is 284 g/mol. The van der Waals surface area contributed by atoms with Crippen LogP contribution in [0.25, 0.3) is 0 Å². The smallest absolute Gasteiger partial charge is 0.0850 e. The molecule has 0 aliphatic carbocycles. The Bertz CT molecular complexity index is 606. The summed E-state index contributed by atoms with van der Waals surface area (Å²) in [4.78, 5) is 4.46. The maximum atomic E-state index is 6.45. The van der Waals surface area contributed by atoms with E-state index in [1.165, 1.54) is 5.56 Å². The molecule has 0 saturated heterocycles. The number of nitrogens with two attached hydrogens (primary N) is 1. The van der Waals surface area contributed by atoms with Crippen molar-refractivity contribution in [2.24, 2.45) is 5.73 Å². The van der Waals surface area contributed by atoms with Gasteiger partial charge in [-0.1, -0.05) is 31.5 Å². The second kappa shape index (κ2) is 7.05. The molecule has 0 saturated carbocycles. The van der Waals surface area contributed by atoms with Gasteiger partial charge in [0.05, 0.1) is 28.1 Å². The van der Waals surface area contributed by atoms with Gasteiger partial charge in [-0.3, -0.25) is 9.67 Å². The number of hydrogen-bond acceptors (Lipinski definition) is 3. The van der Waals surface area contributed by atoms with Crippen LogP contribution in [-0.2, 0) is 25.8 Å². The summed E-state index contributed by atoms with van der Waals surface area (Å²) in [6.07, 6.45) is 4.21. The topological polar surface area (TPSA) is 56.7 Å². The quantitative estimate of drug-likeness (QED) is 0.890. The van der Waals surface area contributed by atoms with Crippen LogP contribution in [0.15, 0.2) is 18.3 Å². The molecule has 114 valence electrons. The van der Waals surface area contributed by atoms with Crippen LogP contribution in [0.3, 0.4) is 0 Å². The first kappa shape index (κ1) is 16.0. The van der Waals surface area contributed by atoms with E-state index in [1.54, 1.807) is 6.20 Å². The minimum Gasteiger partial charge on any atom is -0.322 e. The second-order valence-electron chi connectivity index (χ2n) is 5.09. The van der Waals surface area contributed by atoms with Gasteiger partial charge in [-0.05, 0) is 31.4 Å². The highest BCUT2D eigenvalue weighted by Gasteiger charge is 2.19. The highest BCUT2D eigenvalue weighted by atomic mass is 35.5. The third-order valence-electron chi connectivity index (χ3n) is 3.77. The van der Waals surface area contributed by atoms with E-state index >= 15 is 0 Å². The molecule has 0 aromatic carbocycles. The van der Waals surface area contributed by atoms with Crippen LogP contribution >= 0.6 is 11.6 Å². The largest absolute Gasteiger partial charge is 0.322 e. The van der Waals surface area contributed by atoms with Crippen molar-refractivity contribution in [3.8, 4) is 0 Å². The van der Waals surface area contributed by atoms with Gasteiger partial charge in [0.2, 0.25) is 0 Å². The predicted octanol–water partition coefficient (Wildman–Crippen LogP) is 3.32. The highest BCUT2D eigenvalue weighted by Crippen LogP contribution is 2.26. The maximum absolute atomic E-state index is 6.45. The van der Waals surface area contributed by atoms with Crippen molar-refractivity contribution in [3.63, 3.8) is 0 Å². The van der Waals surface area contributed by atoms with E-state index < -0.39 is 0 Å². The zero-order valence-corrected chi connectivity index (χ0v) is 13.7. The van der Waals surface area contributed by atoms with Crippen LogP contribution in [0.5, 0.6) is 0 Å². The summed E-state index contributed by atoms with van der Waals surface area (Å²) in [5.74, 6) is 0. The first-order chi connectivity index (χ1) is 10.1. The van der Waals surface area contributed by atoms with Crippen LogP contribution in [0.4, 0.5) is 0 Å². The molecule has 2 heterocycles. The third-order valence-corrected chi connectivity index (χ3v) is 4.20. The molecule has 0 aliphatic rings. The van der Waals surface area contributed by atoms with Gasteiger partial charge >= 0.3 is 0 Å². The fraction of sp³-hybridized carbons (Fsp3) is 0.500. The van der Waals surface area contributed by atoms with E-state index in [-0.39, 0.29) is 6.04 Å². The Morgan fingerprint density at radius 2 is 2.05 bits per heavy atom. The van der Waals surface area contributed by atoms with Gasteiger partial charge in [0, 0.05) is 19.2 Å². The van der Waals surface area contributed by atoms with Gasteiger partial charge in [-0.25, -0.2) is 0 Å². The summed E-state index contributed by atoms with van der Waals surface area (Å²) in [5, 5.41) is 5.30. The lowest BCUT2D eigenvalue weighted by molar-refractivity contribution is 0.578. The molecule has 4 nitrogen and oxygen atoms in total. The second-order valence-corrected chi connectivity index (χ2v) is 5.47. The zero-order chi connectivity index (χ0) is 15.4. The molecule has 0 radical (unpaired) electrons. The monoisotopic (exact) mass is 306 g/mol. The molecule has 0 fully saturated rings. The zero-order valence-electron chi connectivity index (χ0n) is 12.9. The Morgan fingerprint density at radius 3 is 2.67 bits per heavy atom. The molecule has 0 amide bonds. The normalized spacial score (nSPS) is 12.6. The van der Waals surface area contributed by atoms with Crippen molar-refractivity contribution in [2.75, 3.05) is 0 Å². The van der Waals surface area contributed by atoms with E-state index in [2.05, 4.69) is 36.9 Å². The number of aryl methyl sites for hydroxylation is 3. The summed E-state index contributed by atoms with van der Waals surface area (Å²) >= 11 is 6.45. The first-order valence-electron chi connectivity index (χ1n) is 7.55. The van der Waals surface area contributed by atoms with Crippen LogP contribution in [-0.4, -0.2) is 14.8 Å². The lowest BCUT2D eigenvalue weighted by Gasteiger charge is -2.15. The molecule has 1 unspecified atom stereocenters. The molecule has 2 rings (SSSR count). The Labute approximate surface area is 131 Å². The lowest BCUT2D eigenvalue weighted by atomic mass is 10.0. The number of halogens is 1. The summed E-state index contributed by atoms with van der Waals surface area (Å²) in [5.41, 5.74) is 10.5. The van der Waals surface area contributed by atoms with Crippen LogP contribution in [0.1, 0.15) is 49.5 Å². The molecule has 2 N–H and O–H groups in total. The predicted molar refractivity (Wildman–Crippen MR) is 86.5 cm³/mol. The van der Waals surface area contributed by atoms with Gasteiger partial charge in [0.1, 0.15) is 0 Å². The summed E-state index contributed by atoms with van der Waals surface area (Å²) in [7, 11) is 0. The minimum absolute atomic E-state index is 0.162. The average molecular weight is 307 g/mol. The van der Waals surface area contributed by atoms with Gasteiger partial charge in [0.25, 0.3) is 0 Å². The molecular formula is C16H23ClN4. The van der Waals surface area contributed by atoms with Crippen molar-refractivity contribution in [2.45, 2.75) is 52.6 Å². The van der Waals surface area contributed by atoms with Crippen molar-refractivity contribution >= 4 is 11.6 Å². The maximum Gasteiger partial charge on any atom is 0.0850 e. The molecule has 0 aliphatic heterocycles. The molecule has 21 heavy (non-hydrogen) atoms. The third kappa shape index (κ3) is 3.27. The van der Waals surface area contributed by atoms with Crippen molar-refractivity contribution in [1.82, 2.24) is 14.8 Å². The molecule has 0 bridgehead atoms. The SMILES string of the molecule is CCc1cccnc1C(N)Cc1c(Cl)c(CC)nn1CC. The van der Waals surface area contributed by atoms with E-state index in [0.29, 0.717) is 6.42 Å². The Hall–Kier alpha value is -1.39. The highest BCUT2D eigenvalue weighted by molar-refractivity contribution is 6.31. The summed E-state index contributed by atoms with van der Waals surface area (Å²) in [6.45, 7) is 7.04. The molecule has 0 spiro atoms. The van der Waals surface area contributed by atoms with Gasteiger partial charge in [0.15, 0.2) is 0 Å². The number of nitrogens with zero attached hydrogens (tertiary/aromatic N) is 3.